The van der Waals surface area contributed by atoms with Crippen molar-refractivity contribution in [3.05, 3.63) is 48.2 Å². The van der Waals surface area contributed by atoms with Crippen LogP contribution in [0.4, 0.5) is 11.5 Å². The van der Waals surface area contributed by atoms with Crippen LogP contribution in [-0.2, 0) is 6.42 Å². The first kappa shape index (κ1) is 12.2. The Labute approximate surface area is 107 Å². The van der Waals surface area contributed by atoms with Crippen LogP contribution in [0.15, 0.2) is 42.6 Å². The fraction of sp³-hybridized carbons (Fsp3) is 0.214. The fourth-order valence-corrected chi connectivity index (χ4v) is 1.81. The lowest BCUT2D eigenvalue weighted by atomic mass is 10.1. The van der Waals surface area contributed by atoms with Gasteiger partial charge < -0.3 is 15.8 Å². The Morgan fingerprint density at radius 3 is 2.89 bits per heavy atom. The van der Waals surface area contributed by atoms with E-state index in [0.29, 0.717) is 5.82 Å². The minimum absolute atomic E-state index is 0.525. The smallest absolute Gasteiger partial charge is 0.125 e. The number of nitrogens with two attached hydrogens (primary N) is 1. The third-order valence-electron chi connectivity index (χ3n) is 2.70. The summed E-state index contributed by atoms with van der Waals surface area (Å²) in [7, 11) is 1.69. The molecule has 1 aromatic carbocycles. The fourth-order valence-electron chi connectivity index (χ4n) is 1.81. The van der Waals surface area contributed by atoms with Crippen LogP contribution >= 0.6 is 0 Å². The number of hydrogen-bond donors (Lipinski definition) is 2. The summed E-state index contributed by atoms with van der Waals surface area (Å²) in [5.74, 6) is 1.45. The molecule has 0 spiro atoms. The summed E-state index contributed by atoms with van der Waals surface area (Å²) in [5.41, 5.74) is 7.79. The van der Waals surface area contributed by atoms with E-state index >= 15 is 0 Å². The van der Waals surface area contributed by atoms with E-state index in [0.717, 1.165) is 24.4 Å². The van der Waals surface area contributed by atoms with Gasteiger partial charge in [-0.1, -0.05) is 18.2 Å². The van der Waals surface area contributed by atoms with Gasteiger partial charge in [-0.05, 0) is 24.1 Å². The van der Waals surface area contributed by atoms with Crippen molar-refractivity contribution in [2.75, 3.05) is 24.7 Å². The largest absolute Gasteiger partial charge is 0.496 e. The highest BCUT2D eigenvalue weighted by atomic mass is 16.5. The second-order valence-corrected chi connectivity index (χ2v) is 3.96. The van der Waals surface area contributed by atoms with Crippen molar-refractivity contribution in [3.8, 4) is 5.75 Å². The van der Waals surface area contributed by atoms with Crippen LogP contribution in [-0.4, -0.2) is 18.6 Å². The first-order valence-electron chi connectivity index (χ1n) is 5.87. The summed E-state index contributed by atoms with van der Waals surface area (Å²) in [6.07, 6.45) is 2.59. The van der Waals surface area contributed by atoms with Gasteiger partial charge in [-0.2, -0.15) is 0 Å². The zero-order valence-electron chi connectivity index (χ0n) is 10.4. The molecule has 0 aliphatic heterocycles. The van der Waals surface area contributed by atoms with Gasteiger partial charge in [-0.3, -0.25) is 0 Å². The number of benzene rings is 1. The Morgan fingerprint density at radius 2 is 2.11 bits per heavy atom. The van der Waals surface area contributed by atoms with Gasteiger partial charge in [0.05, 0.1) is 7.11 Å². The second-order valence-electron chi connectivity index (χ2n) is 3.96. The third kappa shape index (κ3) is 3.13. The molecule has 0 radical (unpaired) electrons. The van der Waals surface area contributed by atoms with Crippen LogP contribution in [0.1, 0.15) is 5.56 Å². The van der Waals surface area contributed by atoms with Crippen molar-refractivity contribution >= 4 is 11.5 Å². The minimum atomic E-state index is 0.525. The molecule has 0 saturated heterocycles. The van der Waals surface area contributed by atoms with E-state index in [9.17, 15) is 0 Å². The summed E-state index contributed by atoms with van der Waals surface area (Å²) in [6, 6.07) is 11.8. The van der Waals surface area contributed by atoms with Crippen LogP contribution in [0.3, 0.4) is 0 Å². The molecule has 4 heteroatoms. The lowest BCUT2D eigenvalue weighted by Gasteiger charge is -2.09. The normalized spacial score (nSPS) is 10.1. The first-order valence-corrected chi connectivity index (χ1v) is 5.87. The van der Waals surface area contributed by atoms with Gasteiger partial charge in [-0.25, -0.2) is 4.98 Å². The molecule has 0 amide bonds. The molecule has 0 bridgehead atoms. The minimum Gasteiger partial charge on any atom is -0.496 e. The summed E-state index contributed by atoms with van der Waals surface area (Å²) >= 11 is 0. The highest BCUT2D eigenvalue weighted by molar-refractivity contribution is 5.49. The Morgan fingerprint density at radius 1 is 1.28 bits per heavy atom. The predicted octanol–water partition coefficient (Wildman–Crippen LogP) is 2.33. The summed E-state index contributed by atoms with van der Waals surface area (Å²) in [4.78, 5) is 3.95. The monoisotopic (exact) mass is 243 g/mol. The molecule has 94 valence electrons. The highest BCUT2D eigenvalue weighted by Gasteiger charge is 2.01. The molecule has 0 aliphatic carbocycles. The van der Waals surface area contributed by atoms with E-state index in [-0.39, 0.29) is 0 Å². The standard InChI is InChI=1S/C14H17N3O/c1-18-13-5-3-2-4-11(13)6-8-16-12-7-9-17-14(15)10-12/h2-5,7,9-10H,6,8H2,1H3,(H3,15,16,17). The number of anilines is 2. The van der Waals surface area contributed by atoms with Gasteiger partial charge in [0, 0.05) is 24.5 Å². The number of aromatic nitrogens is 1. The van der Waals surface area contributed by atoms with E-state index in [1.165, 1.54) is 5.56 Å². The van der Waals surface area contributed by atoms with Gasteiger partial charge in [0.25, 0.3) is 0 Å². The maximum atomic E-state index is 5.62. The molecule has 0 aliphatic rings. The molecule has 1 aromatic heterocycles. The predicted molar refractivity (Wildman–Crippen MR) is 73.8 cm³/mol. The molecule has 1 heterocycles. The van der Waals surface area contributed by atoms with Gasteiger partial charge in [-0.15, -0.1) is 0 Å². The van der Waals surface area contributed by atoms with E-state index in [1.807, 2.05) is 30.3 Å². The maximum absolute atomic E-state index is 5.62. The molecule has 3 N–H and O–H groups in total. The maximum Gasteiger partial charge on any atom is 0.125 e. The average molecular weight is 243 g/mol. The number of ether oxygens (including phenoxy) is 1. The number of nitrogens with zero attached hydrogens (tertiary/aromatic N) is 1. The lowest BCUT2D eigenvalue weighted by Crippen LogP contribution is -2.06. The zero-order valence-corrected chi connectivity index (χ0v) is 10.4. The molecule has 0 fully saturated rings. The van der Waals surface area contributed by atoms with E-state index < -0.39 is 0 Å². The van der Waals surface area contributed by atoms with Crippen molar-refractivity contribution in [1.29, 1.82) is 0 Å². The topological polar surface area (TPSA) is 60.2 Å². The lowest BCUT2D eigenvalue weighted by molar-refractivity contribution is 0.410. The highest BCUT2D eigenvalue weighted by Crippen LogP contribution is 2.18. The van der Waals surface area contributed by atoms with Crippen LogP contribution in [0.25, 0.3) is 0 Å². The number of nitrogens with one attached hydrogen (secondary N) is 1. The number of hydrogen-bond acceptors (Lipinski definition) is 4. The summed E-state index contributed by atoms with van der Waals surface area (Å²) in [5, 5.41) is 3.31. The molecule has 2 rings (SSSR count). The summed E-state index contributed by atoms with van der Waals surface area (Å²) in [6.45, 7) is 0.823. The van der Waals surface area contributed by atoms with Crippen molar-refractivity contribution in [2.24, 2.45) is 0 Å². The molecule has 0 atom stereocenters. The van der Waals surface area contributed by atoms with Gasteiger partial charge >= 0.3 is 0 Å². The quantitative estimate of drug-likeness (QED) is 0.846. The molecule has 18 heavy (non-hydrogen) atoms. The van der Waals surface area contributed by atoms with E-state index in [1.54, 1.807) is 13.3 Å². The Bertz CT molecular complexity index is 514. The van der Waals surface area contributed by atoms with Gasteiger partial charge in [0.1, 0.15) is 11.6 Å². The Kier molecular flexibility index (Phi) is 4.02. The Hall–Kier alpha value is -2.23. The van der Waals surface area contributed by atoms with Crippen LogP contribution in [0.5, 0.6) is 5.75 Å². The summed E-state index contributed by atoms with van der Waals surface area (Å²) < 4.78 is 5.31. The van der Waals surface area contributed by atoms with Crippen molar-refractivity contribution < 1.29 is 4.74 Å². The van der Waals surface area contributed by atoms with E-state index in [2.05, 4.69) is 16.4 Å². The third-order valence-corrected chi connectivity index (χ3v) is 2.70. The van der Waals surface area contributed by atoms with Gasteiger partial charge in [0.2, 0.25) is 0 Å². The van der Waals surface area contributed by atoms with E-state index in [4.69, 9.17) is 10.5 Å². The number of para-hydroxylation sites is 1. The van der Waals surface area contributed by atoms with Crippen LogP contribution in [0, 0.1) is 0 Å². The molecular formula is C14H17N3O. The SMILES string of the molecule is COc1ccccc1CCNc1ccnc(N)c1. The zero-order chi connectivity index (χ0) is 12.8. The van der Waals surface area contributed by atoms with Gasteiger partial charge in [0.15, 0.2) is 0 Å². The molecule has 4 nitrogen and oxygen atoms in total. The van der Waals surface area contributed by atoms with Crippen molar-refractivity contribution in [1.82, 2.24) is 4.98 Å². The number of pyridine rings is 1. The second kappa shape index (κ2) is 5.91. The van der Waals surface area contributed by atoms with Crippen molar-refractivity contribution in [3.63, 3.8) is 0 Å². The molecule has 0 unspecified atom stereocenters. The van der Waals surface area contributed by atoms with Crippen LogP contribution in [0.2, 0.25) is 0 Å². The average Bonchev–Trinajstić information content (AvgIpc) is 2.39. The molecular weight excluding hydrogens is 226 g/mol. The Balaban J connectivity index is 1.92. The van der Waals surface area contributed by atoms with Crippen molar-refractivity contribution in [2.45, 2.75) is 6.42 Å². The number of rotatable bonds is 5. The number of nitrogen functional groups attached to an aromatic ring is 1. The number of methoxy groups -OCH3 is 1. The first-order chi connectivity index (χ1) is 8.79. The molecule has 0 saturated carbocycles. The molecule has 2 aromatic rings. The van der Waals surface area contributed by atoms with Crippen LogP contribution < -0.4 is 15.8 Å².